The molecule has 0 saturated heterocycles. The van der Waals surface area contributed by atoms with Gasteiger partial charge in [0, 0.05) is 11.6 Å². The molecule has 102 valence electrons. The van der Waals surface area contributed by atoms with Crippen LogP contribution in [-0.2, 0) is 9.59 Å². The number of benzene rings is 1. The molecule has 1 amide bonds. The predicted molar refractivity (Wildman–Crippen MR) is 73.0 cm³/mol. The molecule has 1 aliphatic carbocycles. The Hall–Kier alpha value is -1.84. The molecule has 4 nitrogen and oxygen atoms in total. The molecule has 1 fully saturated rings. The lowest BCUT2D eigenvalue weighted by atomic mass is 10.0. The van der Waals surface area contributed by atoms with Crippen LogP contribution in [0.25, 0.3) is 0 Å². The van der Waals surface area contributed by atoms with Crippen LogP contribution in [0.1, 0.15) is 30.4 Å². The fraction of sp³-hybridized carbons (Fsp3) is 0.467. The van der Waals surface area contributed by atoms with Gasteiger partial charge in [0.15, 0.2) is 0 Å². The van der Waals surface area contributed by atoms with E-state index in [1.165, 1.54) is 0 Å². The maximum atomic E-state index is 12.1. The lowest BCUT2D eigenvalue weighted by Crippen LogP contribution is -2.22. The summed E-state index contributed by atoms with van der Waals surface area (Å²) in [6, 6.07) is 5.91. The lowest BCUT2D eigenvalue weighted by molar-refractivity contribution is -0.141. The van der Waals surface area contributed by atoms with E-state index in [-0.39, 0.29) is 17.7 Å². The number of amides is 1. The van der Waals surface area contributed by atoms with Crippen LogP contribution in [0.4, 0.5) is 5.69 Å². The molecule has 1 aliphatic rings. The summed E-state index contributed by atoms with van der Waals surface area (Å²) in [5.74, 6) is -1.39. The molecule has 2 N–H and O–H groups in total. The SMILES string of the molecule is Cc1ccc(C)c(NC(=O)[C@@H]2CC[C@H](C(=O)O)C2)c1. The van der Waals surface area contributed by atoms with E-state index in [1.807, 2.05) is 32.0 Å². The van der Waals surface area contributed by atoms with Gasteiger partial charge in [-0.05, 0) is 50.3 Å². The first kappa shape index (κ1) is 13.6. The molecule has 4 heteroatoms. The zero-order chi connectivity index (χ0) is 14.0. The highest BCUT2D eigenvalue weighted by Crippen LogP contribution is 2.32. The number of aryl methyl sites for hydroxylation is 2. The summed E-state index contributed by atoms with van der Waals surface area (Å²) in [5, 5.41) is 11.9. The molecule has 0 bridgehead atoms. The molecule has 0 aromatic heterocycles. The Balaban J connectivity index is 2.02. The van der Waals surface area contributed by atoms with E-state index in [0.717, 1.165) is 16.8 Å². The van der Waals surface area contributed by atoms with Crippen molar-refractivity contribution in [3.8, 4) is 0 Å². The Morgan fingerprint density at radius 2 is 1.89 bits per heavy atom. The van der Waals surface area contributed by atoms with Crippen molar-refractivity contribution in [1.29, 1.82) is 0 Å². The summed E-state index contributed by atoms with van der Waals surface area (Å²) >= 11 is 0. The van der Waals surface area contributed by atoms with Gasteiger partial charge in [-0.25, -0.2) is 0 Å². The van der Waals surface area contributed by atoms with Crippen molar-refractivity contribution >= 4 is 17.6 Å². The summed E-state index contributed by atoms with van der Waals surface area (Å²) in [7, 11) is 0. The zero-order valence-electron chi connectivity index (χ0n) is 11.3. The van der Waals surface area contributed by atoms with Gasteiger partial charge in [-0.2, -0.15) is 0 Å². The fourth-order valence-electron chi connectivity index (χ4n) is 2.55. The lowest BCUT2D eigenvalue weighted by Gasteiger charge is -2.13. The van der Waals surface area contributed by atoms with Crippen LogP contribution in [0.15, 0.2) is 18.2 Å². The number of rotatable bonds is 3. The predicted octanol–water partition coefficient (Wildman–Crippen LogP) is 2.74. The van der Waals surface area contributed by atoms with E-state index in [4.69, 9.17) is 5.11 Å². The second-order valence-corrected chi connectivity index (χ2v) is 5.35. The molecular weight excluding hydrogens is 242 g/mol. The van der Waals surface area contributed by atoms with Gasteiger partial charge in [0.1, 0.15) is 0 Å². The van der Waals surface area contributed by atoms with E-state index in [1.54, 1.807) is 0 Å². The largest absolute Gasteiger partial charge is 0.481 e. The molecule has 19 heavy (non-hydrogen) atoms. The van der Waals surface area contributed by atoms with Crippen LogP contribution in [0.5, 0.6) is 0 Å². The van der Waals surface area contributed by atoms with Crippen molar-refractivity contribution in [2.45, 2.75) is 33.1 Å². The Labute approximate surface area is 112 Å². The monoisotopic (exact) mass is 261 g/mol. The standard InChI is InChI=1S/C15H19NO3/c1-9-3-4-10(2)13(7-9)16-14(17)11-5-6-12(8-11)15(18)19/h3-4,7,11-12H,5-6,8H2,1-2H3,(H,16,17)(H,18,19)/t11-,12+/m1/s1. The van der Waals surface area contributed by atoms with E-state index in [2.05, 4.69) is 5.32 Å². The van der Waals surface area contributed by atoms with Gasteiger partial charge in [-0.15, -0.1) is 0 Å². The van der Waals surface area contributed by atoms with E-state index < -0.39 is 5.97 Å². The van der Waals surface area contributed by atoms with Crippen molar-refractivity contribution < 1.29 is 14.7 Å². The number of carboxylic acids is 1. The van der Waals surface area contributed by atoms with Gasteiger partial charge in [0.2, 0.25) is 5.91 Å². The minimum Gasteiger partial charge on any atom is -0.481 e. The average Bonchev–Trinajstić information content (AvgIpc) is 2.83. The highest BCUT2D eigenvalue weighted by atomic mass is 16.4. The average molecular weight is 261 g/mol. The van der Waals surface area contributed by atoms with Crippen molar-refractivity contribution in [2.24, 2.45) is 11.8 Å². The van der Waals surface area contributed by atoms with E-state index >= 15 is 0 Å². The quantitative estimate of drug-likeness (QED) is 0.879. The number of carbonyl (C=O) groups is 2. The van der Waals surface area contributed by atoms with Gasteiger partial charge in [-0.1, -0.05) is 12.1 Å². The summed E-state index contributed by atoms with van der Waals surface area (Å²) in [5.41, 5.74) is 2.94. The molecule has 0 spiro atoms. The van der Waals surface area contributed by atoms with Crippen molar-refractivity contribution in [3.63, 3.8) is 0 Å². The van der Waals surface area contributed by atoms with Crippen molar-refractivity contribution in [2.75, 3.05) is 5.32 Å². The number of hydrogen-bond acceptors (Lipinski definition) is 2. The van der Waals surface area contributed by atoms with Crippen molar-refractivity contribution in [1.82, 2.24) is 0 Å². The first-order valence-electron chi connectivity index (χ1n) is 6.58. The van der Waals surface area contributed by atoms with Gasteiger partial charge in [-0.3, -0.25) is 9.59 Å². The van der Waals surface area contributed by atoms with E-state index in [0.29, 0.717) is 19.3 Å². The molecule has 1 aromatic carbocycles. The zero-order valence-corrected chi connectivity index (χ0v) is 11.3. The maximum Gasteiger partial charge on any atom is 0.306 e. The Kier molecular flexibility index (Phi) is 3.88. The van der Waals surface area contributed by atoms with Gasteiger partial charge >= 0.3 is 5.97 Å². The van der Waals surface area contributed by atoms with Gasteiger partial charge in [0.25, 0.3) is 0 Å². The summed E-state index contributed by atoms with van der Waals surface area (Å²) in [6.07, 6.45) is 1.71. The number of hydrogen-bond donors (Lipinski definition) is 2. The summed E-state index contributed by atoms with van der Waals surface area (Å²) in [6.45, 7) is 3.93. The minimum atomic E-state index is -0.790. The highest BCUT2D eigenvalue weighted by molar-refractivity contribution is 5.94. The number of aliphatic carboxylic acids is 1. The normalized spacial score (nSPS) is 22.2. The van der Waals surface area contributed by atoms with Gasteiger partial charge < -0.3 is 10.4 Å². The van der Waals surface area contributed by atoms with Crippen LogP contribution < -0.4 is 5.32 Å². The first-order valence-corrected chi connectivity index (χ1v) is 6.58. The Morgan fingerprint density at radius 3 is 2.53 bits per heavy atom. The number of carbonyl (C=O) groups excluding carboxylic acids is 1. The van der Waals surface area contributed by atoms with Crippen LogP contribution in [0.3, 0.4) is 0 Å². The molecule has 2 rings (SSSR count). The third-order valence-corrected chi connectivity index (χ3v) is 3.80. The smallest absolute Gasteiger partial charge is 0.306 e. The number of anilines is 1. The topological polar surface area (TPSA) is 66.4 Å². The molecular formula is C15H19NO3. The Bertz CT molecular complexity index is 510. The number of carboxylic acid groups (broad SMARTS) is 1. The van der Waals surface area contributed by atoms with Crippen LogP contribution in [0, 0.1) is 25.7 Å². The second kappa shape index (κ2) is 5.43. The van der Waals surface area contributed by atoms with Crippen LogP contribution >= 0.6 is 0 Å². The second-order valence-electron chi connectivity index (χ2n) is 5.35. The molecule has 0 aliphatic heterocycles. The molecule has 0 unspecified atom stereocenters. The Morgan fingerprint density at radius 1 is 1.21 bits per heavy atom. The number of nitrogens with one attached hydrogen (secondary N) is 1. The molecule has 0 radical (unpaired) electrons. The molecule has 1 saturated carbocycles. The fourth-order valence-corrected chi connectivity index (χ4v) is 2.55. The minimum absolute atomic E-state index is 0.0579. The third-order valence-electron chi connectivity index (χ3n) is 3.80. The van der Waals surface area contributed by atoms with Crippen molar-refractivity contribution in [3.05, 3.63) is 29.3 Å². The third kappa shape index (κ3) is 3.13. The van der Waals surface area contributed by atoms with E-state index in [9.17, 15) is 9.59 Å². The summed E-state index contributed by atoms with van der Waals surface area (Å²) in [4.78, 5) is 23.0. The first-order chi connectivity index (χ1) is 8.97. The molecule has 0 heterocycles. The van der Waals surface area contributed by atoms with Gasteiger partial charge in [0.05, 0.1) is 5.92 Å². The van der Waals surface area contributed by atoms with Crippen LogP contribution in [-0.4, -0.2) is 17.0 Å². The maximum absolute atomic E-state index is 12.1. The molecule has 2 atom stereocenters. The summed E-state index contributed by atoms with van der Waals surface area (Å²) < 4.78 is 0. The highest BCUT2D eigenvalue weighted by Gasteiger charge is 2.33. The molecule has 1 aromatic rings. The van der Waals surface area contributed by atoms with Crippen LogP contribution in [0.2, 0.25) is 0 Å².